The first kappa shape index (κ1) is 14.2. The van der Waals surface area contributed by atoms with E-state index >= 15 is 0 Å². The molecule has 1 fully saturated rings. The van der Waals surface area contributed by atoms with Crippen molar-refractivity contribution in [2.24, 2.45) is 5.73 Å². The van der Waals surface area contributed by atoms with Crippen molar-refractivity contribution < 1.29 is 5.11 Å². The molecule has 1 saturated heterocycles. The van der Waals surface area contributed by atoms with E-state index in [0.29, 0.717) is 6.54 Å². The van der Waals surface area contributed by atoms with E-state index in [9.17, 15) is 0 Å². The molecular weight excluding hydrogens is 242 g/mol. The molecule has 1 aromatic rings. The van der Waals surface area contributed by atoms with Crippen LogP contribution in [-0.2, 0) is 6.54 Å². The number of aryl methyl sites for hydroxylation is 1. The van der Waals surface area contributed by atoms with E-state index in [1.807, 2.05) is 13.0 Å². The maximum Gasteiger partial charge on any atom is 0.225 e. The Kier molecular flexibility index (Phi) is 5.07. The molecule has 19 heavy (non-hydrogen) atoms. The van der Waals surface area contributed by atoms with Crippen molar-refractivity contribution in [2.75, 3.05) is 44.2 Å². The monoisotopic (exact) mass is 265 g/mol. The summed E-state index contributed by atoms with van der Waals surface area (Å²) in [5.74, 6) is 0.784. The van der Waals surface area contributed by atoms with E-state index in [1.165, 1.54) is 0 Å². The Bertz CT molecular complexity index is 412. The molecule has 0 radical (unpaired) electrons. The van der Waals surface area contributed by atoms with Crippen LogP contribution in [0.5, 0.6) is 0 Å². The summed E-state index contributed by atoms with van der Waals surface area (Å²) in [6.07, 6.45) is 1.06. The average Bonchev–Trinajstić information content (AvgIpc) is 2.64. The molecule has 1 aromatic heterocycles. The minimum Gasteiger partial charge on any atom is -0.395 e. The number of anilines is 1. The number of β-amino-alcohol motifs (C(OH)–C–C–N with tert-alkyl or cyclic N) is 1. The van der Waals surface area contributed by atoms with Crippen molar-refractivity contribution in [3.8, 4) is 0 Å². The summed E-state index contributed by atoms with van der Waals surface area (Å²) in [7, 11) is 0. The maximum absolute atomic E-state index is 9.00. The number of aliphatic hydroxyl groups excluding tert-OH is 1. The number of nitrogens with two attached hydrogens (primary N) is 1. The van der Waals surface area contributed by atoms with Crippen LogP contribution in [0.15, 0.2) is 6.07 Å². The molecule has 6 nitrogen and oxygen atoms in total. The molecule has 0 atom stereocenters. The van der Waals surface area contributed by atoms with Crippen molar-refractivity contribution in [1.29, 1.82) is 0 Å². The lowest BCUT2D eigenvalue weighted by Gasteiger charge is -2.22. The zero-order valence-electron chi connectivity index (χ0n) is 11.5. The van der Waals surface area contributed by atoms with E-state index in [4.69, 9.17) is 10.8 Å². The van der Waals surface area contributed by atoms with Gasteiger partial charge in [0.2, 0.25) is 5.95 Å². The van der Waals surface area contributed by atoms with Gasteiger partial charge in [0.1, 0.15) is 0 Å². The van der Waals surface area contributed by atoms with Gasteiger partial charge in [0, 0.05) is 38.4 Å². The third kappa shape index (κ3) is 3.86. The Morgan fingerprint density at radius 2 is 2.11 bits per heavy atom. The standard InChI is InChI=1S/C13H23N5O/c1-11-9-12(10-14)16-13(15-11)18-4-2-3-17(5-6-18)7-8-19/h9,19H,2-8,10,14H2,1H3. The van der Waals surface area contributed by atoms with Gasteiger partial charge in [-0.2, -0.15) is 0 Å². The van der Waals surface area contributed by atoms with Gasteiger partial charge in [-0.1, -0.05) is 0 Å². The van der Waals surface area contributed by atoms with Crippen molar-refractivity contribution in [2.45, 2.75) is 19.9 Å². The number of rotatable bonds is 4. The summed E-state index contributed by atoms with van der Waals surface area (Å²) >= 11 is 0. The van der Waals surface area contributed by atoms with Gasteiger partial charge in [-0.3, -0.25) is 4.90 Å². The van der Waals surface area contributed by atoms with Crippen LogP contribution >= 0.6 is 0 Å². The van der Waals surface area contributed by atoms with Crippen LogP contribution in [0.3, 0.4) is 0 Å². The van der Waals surface area contributed by atoms with Gasteiger partial charge in [0.15, 0.2) is 0 Å². The highest BCUT2D eigenvalue weighted by atomic mass is 16.3. The van der Waals surface area contributed by atoms with Crippen LogP contribution in [0, 0.1) is 6.92 Å². The Hall–Kier alpha value is -1.24. The second-order valence-electron chi connectivity index (χ2n) is 4.91. The molecule has 0 unspecified atom stereocenters. The molecule has 2 rings (SSSR count). The normalized spacial score (nSPS) is 17.5. The van der Waals surface area contributed by atoms with Crippen LogP contribution in [0.25, 0.3) is 0 Å². The lowest BCUT2D eigenvalue weighted by atomic mass is 10.3. The Labute approximate surface area is 114 Å². The van der Waals surface area contributed by atoms with Gasteiger partial charge >= 0.3 is 0 Å². The van der Waals surface area contributed by atoms with Gasteiger partial charge in [-0.05, 0) is 26.0 Å². The first-order valence-electron chi connectivity index (χ1n) is 6.85. The van der Waals surface area contributed by atoms with Gasteiger partial charge in [0.25, 0.3) is 0 Å². The predicted molar refractivity (Wildman–Crippen MR) is 75.0 cm³/mol. The first-order chi connectivity index (χ1) is 9.22. The average molecular weight is 265 g/mol. The summed E-state index contributed by atoms with van der Waals surface area (Å²) in [5.41, 5.74) is 7.51. The highest BCUT2D eigenvalue weighted by Crippen LogP contribution is 2.13. The Morgan fingerprint density at radius 1 is 1.26 bits per heavy atom. The largest absolute Gasteiger partial charge is 0.395 e. The van der Waals surface area contributed by atoms with Gasteiger partial charge in [-0.15, -0.1) is 0 Å². The minimum atomic E-state index is 0.221. The molecule has 1 aliphatic rings. The van der Waals surface area contributed by atoms with Crippen LogP contribution in [-0.4, -0.2) is 59.3 Å². The first-order valence-corrected chi connectivity index (χ1v) is 6.85. The van der Waals surface area contributed by atoms with E-state index in [-0.39, 0.29) is 6.61 Å². The summed E-state index contributed by atoms with van der Waals surface area (Å²) < 4.78 is 0. The number of aliphatic hydroxyl groups is 1. The molecule has 1 aliphatic heterocycles. The van der Waals surface area contributed by atoms with E-state index in [0.717, 1.165) is 56.5 Å². The number of nitrogens with zero attached hydrogens (tertiary/aromatic N) is 4. The van der Waals surface area contributed by atoms with E-state index in [2.05, 4.69) is 19.8 Å². The third-order valence-electron chi connectivity index (χ3n) is 3.39. The van der Waals surface area contributed by atoms with Crippen molar-refractivity contribution >= 4 is 5.95 Å². The molecule has 6 heteroatoms. The molecule has 0 bridgehead atoms. The van der Waals surface area contributed by atoms with Crippen LogP contribution < -0.4 is 10.6 Å². The second-order valence-corrected chi connectivity index (χ2v) is 4.91. The molecule has 106 valence electrons. The van der Waals surface area contributed by atoms with Crippen molar-refractivity contribution in [1.82, 2.24) is 14.9 Å². The summed E-state index contributed by atoms with van der Waals surface area (Å²) in [5, 5.41) is 9.00. The summed E-state index contributed by atoms with van der Waals surface area (Å²) in [4.78, 5) is 13.5. The molecule has 0 aromatic carbocycles. The zero-order chi connectivity index (χ0) is 13.7. The van der Waals surface area contributed by atoms with E-state index < -0.39 is 0 Å². The summed E-state index contributed by atoms with van der Waals surface area (Å²) in [6.45, 7) is 7.20. The molecular formula is C13H23N5O. The third-order valence-corrected chi connectivity index (χ3v) is 3.39. The van der Waals surface area contributed by atoms with Gasteiger partial charge in [-0.25, -0.2) is 9.97 Å². The smallest absolute Gasteiger partial charge is 0.225 e. The molecule has 3 N–H and O–H groups in total. The maximum atomic E-state index is 9.00. The Balaban J connectivity index is 2.07. The lowest BCUT2D eigenvalue weighted by Crippen LogP contribution is -2.33. The molecule has 0 saturated carbocycles. The van der Waals surface area contributed by atoms with Gasteiger partial charge in [0.05, 0.1) is 12.3 Å². The minimum absolute atomic E-state index is 0.221. The lowest BCUT2D eigenvalue weighted by molar-refractivity contribution is 0.204. The highest BCUT2D eigenvalue weighted by Gasteiger charge is 2.17. The molecule has 2 heterocycles. The molecule has 0 aliphatic carbocycles. The fourth-order valence-corrected chi connectivity index (χ4v) is 2.40. The SMILES string of the molecule is Cc1cc(CN)nc(N2CCCN(CCO)CC2)n1. The predicted octanol–water partition coefficient (Wildman–Crippen LogP) is -0.252. The van der Waals surface area contributed by atoms with Crippen LogP contribution in [0.4, 0.5) is 5.95 Å². The van der Waals surface area contributed by atoms with Crippen molar-refractivity contribution in [3.05, 3.63) is 17.5 Å². The van der Waals surface area contributed by atoms with Crippen LogP contribution in [0.1, 0.15) is 17.8 Å². The fourth-order valence-electron chi connectivity index (χ4n) is 2.40. The number of hydrogen-bond acceptors (Lipinski definition) is 6. The highest BCUT2D eigenvalue weighted by molar-refractivity contribution is 5.32. The Morgan fingerprint density at radius 3 is 2.84 bits per heavy atom. The van der Waals surface area contributed by atoms with E-state index in [1.54, 1.807) is 0 Å². The van der Waals surface area contributed by atoms with Crippen LogP contribution in [0.2, 0.25) is 0 Å². The number of hydrogen-bond donors (Lipinski definition) is 2. The quantitative estimate of drug-likeness (QED) is 0.781. The van der Waals surface area contributed by atoms with Crippen molar-refractivity contribution in [3.63, 3.8) is 0 Å². The second kappa shape index (κ2) is 6.79. The topological polar surface area (TPSA) is 78.5 Å². The number of aromatic nitrogens is 2. The molecule has 0 amide bonds. The summed E-state index contributed by atoms with van der Waals surface area (Å²) in [6, 6.07) is 1.93. The molecule has 0 spiro atoms. The fraction of sp³-hybridized carbons (Fsp3) is 0.692. The zero-order valence-corrected chi connectivity index (χ0v) is 11.5. The van der Waals surface area contributed by atoms with Gasteiger partial charge < -0.3 is 15.7 Å².